The van der Waals surface area contributed by atoms with Crippen LogP contribution in [0, 0.1) is 5.41 Å². The van der Waals surface area contributed by atoms with Gasteiger partial charge in [-0.15, -0.1) is 0 Å². The number of nitrogens with one attached hydrogen (secondary N) is 1. The summed E-state index contributed by atoms with van der Waals surface area (Å²) in [5.74, 6) is -0.316. The van der Waals surface area contributed by atoms with Crippen molar-refractivity contribution in [2.45, 2.75) is 26.9 Å². The minimum absolute atomic E-state index is 0.187. The first kappa shape index (κ1) is 16.5. The highest BCUT2D eigenvalue weighted by Gasteiger charge is 2.23. The molecule has 2 aromatic rings. The van der Waals surface area contributed by atoms with Crippen molar-refractivity contribution in [3.8, 4) is 5.69 Å². The quantitative estimate of drug-likeness (QED) is 0.909. The monoisotopic (exact) mass is 321 g/mol. The van der Waals surface area contributed by atoms with E-state index >= 15 is 0 Å². The lowest BCUT2D eigenvalue weighted by atomic mass is 9.89. The van der Waals surface area contributed by atoms with Gasteiger partial charge in [-0.1, -0.05) is 38.4 Å². The van der Waals surface area contributed by atoms with Crippen molar-refractivity contribution in [3.05, 3.63) is 47.2 Å². The summed E-state index contributed by atoms with van der Waals surface area (Å²) in [6.07, 6.45) is 1.08. The average Bonchev–Trinajstić information content (AvgIpc) is 2.93. The first-order valence-corrected chi connectivity index (χ1v) is 7.43. The second kappa shape index (κ2) is 6.50. The van der Waals surface area contributed by atoms with Crippen LogP contribution < -0.4 is 5.32 Å². The molecule has 5 nitrogen and oxygen atoms in total. The molecule has 0 spiro atoms. The molecule has 1 amide bonds. The second-order valence-electron chi connectivity index (χ2n) is 6.22. The highest BCUT2D eigenvalue weighted by Crippen LogP contribution is 2.18. The number of hydrogen-bond donors (Lipinski definition) is 2. The molecule has 0 aliphatic carbocycles. The van der Waals surface area contributed by atoms with Crippen molar-refractivity contribution < 1.29 is 9.90 Å². The molecule has 1 aromatic heterocycles. The lowest BCUT2D eigenvalue weighted by molar-refractivity contribution is 0.0585. The van der Waals surface area contributed by atoms with E-state index in [2.05, 4.69) is 10.4 Å². The number of aliphatic hydroxyl groups excluding tert-OH is 1. The van der Waals surface area contributed by atoms with Crippen molar-refractivity contribution in [2.24, 2.45) is 5.41 Å². The molecule has 1 unspecified atom stereocenters. The van der Waals surface area contributed by atoms with E-state index in [-0.39, 0.29) is 17.9 Å². The van der Waals surface area contributed by atoms with E-state index < -0.39 is 6.10 Å². The second-order valence-corrected chi connectivity index (χ2v) is 6.65. The molecule has 0 fully saturated rings. The van der Waals surface area contributed by atoms with Crippen LogP contribution in [-0.4, -0.2) is 33.4 Å². The lowest BCUT2D eigenvalue weighted by Gasteiger charge is -2.25. The number of rotatable bonds is 4. The van der Waals surface area contributed by atoms with Crippen molar-refractivity contribution in [3.63, 3.8) is 0 Å². The Kier molecular flexibility index (Phi) is 4.88. The number of aromatic nitrogens is 2. The van der Waals surface area contributed by atoms with Gasteiger partial charge in [-0.25, -0.2) is 4.68 Å². The zero-order chi connectivity index (χ0) is 16.3. The summed E-state index contributed by atoms with van der Waals surface area (Å²) in [6.45, 7) is 5.93. The maximum atomic E-state index is 12.1. The Morgan fingerprint density at radius 3 is 2.77 bits per heavy atom. The Labute approximate surface area is 134 Å². The van der Waals surface area contributed by atoms with Gasteiger partial charge in [0.1, 0.15) is 0 Å². The third-order valence-corrected chi connectivity index (χ3v) is 3.59. The highest BCUT2D eigenvalue weighted by molar-refractivity contribution is 6.30. The fourth-order valence-electron chi connectivity index (χ4n) is 1.79. The van der Waals surface area contributed by atoms with E-state index in [1.165, 1.54) is 0 Å². The summed E-state index contributed by atoms with van der Waals surface area (Å²) in [6, 6.07) is 8.83. The predicted molar refractivity (Wildman–Crippen MR) is 86.4 cm³/mol. The van der Waals surface area contributed by atoms with Crippen molar-refractivity contribution in [2.75, 3.05) is 6.54 Å². The maximum absolute atomic E-state index is 12.1. The van der Waals surface area contributed by atoms with Crippen LogP contribution in [0.15, 0.2) is 36.5 Å². The molecule has 0 aliphatic rings. The van der Waals surface area contributed by atoms with Gasteiger partial charge in [0.2, 0.25) is 0 Å². The average molecular weight is 322 g/mol. The van der Waals surface area contributed by atoms with E-state index in [0.29, 0.717) is 10.7 Å². The van der Waals surface area contributed by atoms with Gasteiger partial charge >= 0.3 is 0 Å². The minimum Gasteiger partial charge on any atom is -0.391 e. The van der Waals surface area contributed by atoms with Crippen molar-refractivity contribution >= 4 is 17.5 Å². The Balaban J connectivity index is 2.04. The van der Waals surface area contributed by atoms with Crippen LogP contribution in [0.25, 0.3) is 5.69 Å². The largest absolute Gasteiger partial charge is 0.391 e. The molecule has 0 saturated heterocycles. The number of halogens is 1. The van der Waals surface area contributed by atoms with E-state index in [1.54, 1.807) is 29.1 Å². The first-order chi connectivity index (χ1) is 10.3. The van der Waals surface area contributed by atoms with E-state index in [4.69, 9.17) is 11.6 Å². The molecule has 118 valence electrons. The third-order valence-electron chi connectivity index (χ3n) is 3.35. The minimum atomic E-state index is -0.619. The van der Waals surface area contributed by atoms with Crippen molar-refractivity contribution in [1.29, 1.82) is 0 Å². The van der Waals surface area contributed by atoms with Gasteiger partial charge < -0.3 is 10.4 Å². The molecule has 1 heterocycles. The molecule has 22 heavy (non-hydrogen) atoms. The fraction of sp³-hybridized carbons (Fsp3) is 0.375. The van der Waals surface area contributed by atoms with Gasteiger partial charge in [0.05, 0.1) is 11.8 Å². The number of nitrogens with zero attached hydrogens (tertiary/aromatic N) is 2. The summed E-state index contributed by atoms with van der Waals surface area (Å²) in [5.41, 5.74) is 0.787. The van der Waals surface area contributed by atoms with Crippen LogP contribution in [0.5, 0.6) is 0 Å². The molecule has 1 atom stereocenters. The lowest BCUT2D eigenvalue weighted by Crippen LogP contribution is -2.39. The molecule has 0 saturated carbocycles. The topological polar surface area (TPSA) is 67.2 Å². The number of hydrogen-bond acceptors (Lipinski definition) is 3. The fourth-order valence-corrected chi connectivity index (χ4v) is 1.98. The molecular formula is C16H20ClN3O2. The van der Waals surface area contributed by atoms with Crippen LogP contribution in [-0.2, 0) is 0 Å². The molecule has 1 aromatic carbocycles. The number of carbonyl (C=O) groups excluding carboxylic acids is 1. The van der Waals surface area contributed by atoms with E-state index in [9.17, 15) is 9.90 Å². The summed E-state index contributed by atoms with van der Waals surface area (Å²) >= 11 is 5.94. The normalized spacial score (nSPS) is 13.0. The SMILES string of the molecule is CC(C)(C)C(O)CNC(=O)c1ccn(-c2cccc(Cl)c2)n1. The van der Waals surface area contributed by atoms with Crippen LogP contribution in [0.1, 0.15) is 31.3 Å². The Hall–Kier alpha value is -1.85. The van der Waals surface area contributed by atoms with Gasteiger partial charge in [0.15, 0.2) is 5.69 Å². The standard InChI is InChI=1S/C16H20ClN3O2/c1-16(2,3)14(21)10-18-15(22)13-7-8-20(19-13)12-6-4-5-11(17)9-12/h4-9,14,21H,10H2,1-3H3,(H,18,22). The zero-order valence-electron chi connectivity index (χ0n) is 12.9. The van der Waals surface area contributed by atoms with Gasteiger partial charge in [-0.05, 0) is 29.7 Å². The van der Waals surface area contributed by atoms with Gasteiger partial charge in [-0.3, -0.25) is 4.79 Å². The number of benzene rings is 1. The molecule has 6 heteroatoms. The van der Waals surface area contributed by atoms with Crippen LogP contribution in [0.3, 0.4) is 0 Å². The van der Waals surface area contributed by atoms with Gasteiger partial charge in [-0.2, -0.15) is 5.10 Å². The smallest absolute Gasteiger partial charge is 0.271 e. The summed E-state index contributed by atoms with van der Waals surface area (Å²) < 4.78 is 1.58. The number of aliphatic hydroxyl groups is 1. The van der Waals surface area contributed by atoms with Gasteiger partial charge in [0.25, 0.3) is 5.91 Å². The predicted octanol–water partition coefficient (Wildman–Crippen LogP) is 2.66. The van der Waals surface area contributed by atoms with Crippen molar-refractivity contribution in [1.82, 2.24) is 15.1 Å². The summed E-state index contributed by atoms with van der Waals surface area (Å²) in [7, 11) is 0. The molecule has 0 aliphatic heterocycles. The Morgan fingerprint density at radius 1 is 1.41 bits per heavy atom. The molecular weight excluding hydrogens is 302 g/mol. The number of amides is 1. The summed E-state index contributed by atoms with van der Waals surface area (Å²) in [5, 5.41) is 17.5. The zero-order valence-corrected chi connectivity index (χ0v) is 13.6. The Morgan fingerprint density at radius 2 is 2.14 bits per heavy atom. The van der Waals surface area contributed by atoms with Crippen LogP contribution in [0.2, 0.25) is 5.02 Å². The molecule has 0 radical (unpaired) electrons. The maximum Gasteiger partial charge on any atom is 0.271 e. The molecule has 2 rings (SSSR count). The molecule has 2 N–H and O–H groups in total. The first-order valence-electron chi connectivity index (χ1n) is 7.05. The Bertz CT molecular complexity index is 661. The van der Waals surface area contributed by atoms with Crippen LogP contribution in [0.4, 0.5) is 0 Å². The number of carbonyl (C=O) groups is 1. The van der Waals surface area contributed by atoms with E-state index in [1.807, 2.05) is 32.9 Å². The highest BCUT2D eigenvalue weighted by atomic mass is 35.5. The van der Waals surface area contributed by atoms with Crippen LogP contribution >= 0.6 is 11.6 Å². The van der Waals surface area contributed by atoms with Gasteiger partial charge in [0, 0.05) is 17.8 Å². The third kappa shape index (κ3) is 4.08. The van der Waals surface area contributed by atoms with E-state index in [0.717, 1.165) is 5.69 Å². The summed E-state index contributed by atoms with van der Waals surface area (Å²) in [4.78, 5) is 12.1. The molecule has 0 bridgehead atoms.